The number of ether oxygens (including phenoxy) is 6. The Bertz CT molecular complexity index is 2020. The maximum Gasteiger partial charge on any atom is 0.220 e. The molecule has 0 spiro atoms. The molecule has 19 heteroatoms. The van der Waals surface area contributed by atoms with Crippen molar-refractivity contribution in [2.75, 3.05) is 26.4 Å². The molecule has 0 aromatic rings. The van der Waals surface area contributed by atoms with E-state index in [0.717, 1.165) is 38.5 Å². The van der Waals surface area contributed by atoms with Crippen molar-refractivity contribution in [1.82, 2.24) is 5.32 Å². The molecule has 0 aromatic heterocycles. The standard InChI is InChI=1S/C85H159NO18/c1-3-5-7-9-11-13-15-17-19-21-23-25-27-29-30-31-32-33-34-35-36-37-38-39-41-43-45-47-49-51-53-55-57-59-61-63-73(91)86-68(69(90)62-60-58-56-54-52-50-48-46-44-42-40-28-26-24-22-20-18-16-14-12-10-8-6-4-2)67-99-83-79(97)76(94)81(71(65-88)101-83)104-85-80(98)77(95)82(72(66-89)102-85)103-84-78(96)75(93)74(92)70(64-87)100-84/h21,23,52,54,60,62,68-72,74-85,87-90,92-98H,3-20,22,24-51,53,55-59,61,63-67H2,1-2H3,(H,86,91)/b23-21-,54-52+,62-60+. The van der Waals surface area contributed by atoms with Crippen molar-refractivity contribution < 1.29 is 89.4 Å². The van der Waals surface area contributed by atoms with Crippen molar-refractivity contribution in [2.24, 2.45) is 0 Å². The average Bonchev–Trinajstić information content (AvgIpc) is 0.783. The molecule has 612 valence electrons. The van der Waals surface area contributed by atoms with Gasteiger partial charge in [0.1, 0.15) is 73.2 Å². The summed E-state index contributed by atoms with van der Waals surface area (Å²) >= 11 is 0. The summed E-state index contributed by atoms with van der Waals surface area (Å²) in [5.41, 5.74) is 0. The molecule has 0 radical (unpaired) electrons. The molecular weight excluding hydrogens is 1320 g/mol. The Morgan fingerprint density at radius 2 is 0.615 bits per heavy atom. The average molecular weight is 1480 g/mol. The second kappa shape index (κ2) is 65.7. The predicted molar refractivity (Wildman–Crippen MR) is 416 cm³/mol. The summed E-state index contributed by atoms with van der Waals surface area (Å²) in [6.07, 6.45) is 55.9. The van der Waals surface area contributed by atoms with E-state index in [1.165, 1.54) is 295 Å². The molecule has 3 saturated heterocycles. The number of nitrogens with one attached hydrogen (secondary N) is 1. The van der Waals surface area contributed by atoms with E-state index in [1.54, 1.807) is 6.08 Å². The Balaban J connectivity index is 1.34. The quantitative estimate of drug-likeness (QED) is 0.0199. The van der Waals surface area contributed by atoms with Gasteiger partial charge in [-0.3, -0.25) is 4.79 Å². The van der Waals surface area contributed by atoms with E-state index >= 15 is 0 Å². The van der Waals surface area contributed by atoms with E-state index in [0.29, 0.717) is 12.8 Å². The second-order valence-electron chi connectivity index (χ2n) is 31.0. The number of rotatable bonds is 70. The minimum Gasteiger partial charge on any atom is -0.394 e. The van der Waals surface area contributed by atoms with Gasteiger partial charge in [0.05, 0.1) is 38.6 Å². The first-order chi connectivity index (χ1) is 50.8. The van der Waals surface area contributed by atoms with Gasteiger partial charge in [-0.05, 0) is 57.8 Å². The van der Waals surface area contributed by atoms with E-state index < -0.39 is 124 Å². The zero-order valence-electron chi connectivity index (χ0n) is 65.8. The number of hydrogen-bond donors (Lipinski definition) is 12. The van der Waals surface area contributed by atoms with Gasteiger partial charge in [0, 0.05) is 6.42 Å². The molecule has 0 aliphatic carbocycles. The summed E-state index contributed by atoms with van der Waals surface area (Å²) in [7, 11) is 0. The smallest absolute Gasteiger partial charge is 0.220 e. The van der Waals surface area contributed by atoms with Crippen LogP contribution in [0.2, 0.25) is 0 Å². The fourth-order valence-corrected chi connectivity index (χ4v) is 14.7. The van der Waals surface area contributed by atoms with Crippen LogP contribution < -0.4 is 5.32 Å². The van der Waals surface area contributed by atoms with Crippen LogP contribution in [0.4, 0.5) is 0 Å². The van der Waals surface area contributed by atoms with Gasteiger partial charge in [0.15, 0.2) is 18.9 Å². The fourth-order valence-electron chi connectivity index (χ4n) is 14.7. The number of carbonyl (C=O) groups excluding carboxylic acids is 1. The summed E-state index contributed by atoms with van der Waals surface area (Å²) in [6, 6.07) is -0.990. The van der Waals surface area contributed by atoms with Crippen LogP contribution >= 0.6 is 0 Å². The van der Waals surface area contributed by atoms with E-state index in [-0.39, 0.29) is 18.9 Å². The predicted octanol–water partition coefficient (Wildman–Crippen LogP) is 15.5. The minimum atomic E-state index is -1.98. The van der Waals surface area contributed by atoms with Crippen molar-refractivity contribution in [3.63, 3.8) is 0 Å². The number of allylic oxidation sites excluding steroid dienone is 5. The van der Waals surface area contributed by atoms with Gasteiger partial charge < -0.3 is 89.9 Å². The molecule has 19 nitrogen and oxygen atoms in total. The molecule has 17 unspecified atom stereocenters. The highest BCUT2D eigenvalue weighted by atomic mass is 16.8. The van der Waals surface area contributed by atoms with Crippen LogP contribution in [-0.4, -0.2) is 193 Å². The molecule has 0 saturated carbocycles. The van der Waals surface area contributed by atoms with Crippen LogP contribution in [-0.2, 0) is 33.2 Å². The Kier molecular flexibility index (Phi) is 60.8. The maximum atomic E-state index is 13.5. The highest BCUT2D eigenvalue weighted by molar-refractivity contribution is 5.76. The molecule has 0 bridgehead atoms. The highest BCUT2D eigenvalue weighted by Crippen LogP contribution is 2.33. The van der Waals surface area contributed by atoms with Crippen LogP contribution in [0.3, 0.4) is 0 Å². The Labute approximate surface area is 631 Å². The van der Waals surface area contributed by atoms with Gasteiger partial charge in [-0.25, -0.2) is 0 Å². The second-order valence-corrected chi connectivity index (χ2v) is 31.0. The van der Waals surface area contributed by atoms with Crippen molar-refractivity contribution in [3.8, 4) is 0 Å². The Hall–Kier alpha value is -1.99. The molecule has 1 amide bonds. The number of unbranched alkanes of at least 4 members (excludes halogenated alkanes) is 50. The topological polar surface area (TPSA) is 307 Å². The molecule has 104 heavy (non-hydrogen) atoms. The van der Waals surface area contributed by atoms with Gasteiger partial charge in [-0.1, -0.05) is 339 Å². The molecule has 0 aromatic carbocycles. The third kappa shape index (κ3) is 44.8. The van der Waals surface area contributed by atoms with Gasteiger partial charge in [-0.15, -0.1) is 0 Å². The summed E-state index contributed by atoms with van der Waals surface area (Å²) in [4.78, 5) is 13.5. The first kappa shape index (κ1) is 96.2. The molecular formula is C85H159NO18. The van der Waals surface area contributed by atoms with Crippen LogP contribution in [0.25, 0.3) is 0 Å². The number of amides is 1. The molecule has 3 fully saturated rings. The molecule has 3 aliphatic heterocycles. The Morgan fingerprint density at radius 3 is 0.962 bits per heavy atom. The number of carbonyl (C=O) groups is 1. The molecule has 3 heterocycles. The first-order valence-electron chi connectivity index (χ1n) is 43.2. The third-order valence-electron chi connectivity index (χ3n) is 21.7. The van der Waals surface area contributed by atoms with E-state index in [2.05, 4.69) is 43.5 Å². The number of aliphatic hydroxyl groups excluding tert-OH is 11. The molecule has 17 atom stereocenters. The van der Waals surface area contributed by atoms with Gasteiger partial charge >= 0.3 is 0 Å². The van der Waals surface area contributed by atoms with E-state index in [1.807, 2.05) is 6.08 Å². The lowest BCUT2D eigenvalue weighted by Crippen LogP contribution is -2.66. The zero-order chi connectivity index (χ0) is 75.3. The SMILES string of the molecule is CCCCCCCCCC/C=C\CCCCCCCCCCCCCCCCCCCCCCCCCC(=O)NC(COC1OC(CO)C(OC2OC(CO)C(OC3OC(CO)C(O)C(O)C3O)C(O)C2O)C(O)C1O)C(O)/C=C/CC/C=C/CCCCCCCCCCCCCCCCCCCC. The van der Waals surface area contributed by atoms with Crippen molar-refractivity contribution >= 4 is 5.91 Å². The Morgan fingerprint density at radius 1 is 0.337 bits per heavy atom. The summed E-state index contributed by atoms with van der Waals surface area (Å²) in [5.74, 6) is -0.278. The van der Waals surface area contributed by atoms with Gasteiger partial charge in [0.25, 0.3) is 0 Å². The highest BCUT2D eigenvalue weighted by Gasteiger charge is 2.54. The van der Waals surface area contributed by atoms with Crippen LogP contribution in [0.1, 0.15) is 367 Å². The van der Waals surface area contributed by atoms with E-state index in [4.69, 9.17) is 28.4 Å². The lowest BCUT2D eigenvalue weighted by molar-refractivity contribution is -0.379. The molecule has 3 rings (SSSR count). The lowest BCUT2D eigenvalue weighted by Gasteiger charge is -2.48. The third-order valence-corrected chi connectivity index (χ3v) is 21.7. The van der Waals surface area contributed by atoms with Gasteiger partial charge in [-0.2, -0.15) is 0 Å². The molecule has 12 N–H and O–H groups in total. The normalized spacial score (nSPS) is 26.0. The summed E-state index contributed by atoms with van der Waals surface area (Å²) < 4.78 is 34.5. The van der Waals surface area contributed by atoms with Crippen molar-refractivity contribution in [1.29, 1.82) is 0 Å². The zero-order valence-corrected chi connectivity index (χ0v) is 65.8. The molecule has 3 aliphatic rings. The first-order valence-corrected chi connectivity index (χ1v) is 43.2. The largest absolute Gasteiger partial charge is 0.394 e. The monoisotopic (exact) mass is 1480 g/mol. The summed E-state index contributed by atoms with van der Waals surface area (Å²) in [5, 5.41) is 121. The van der Waals surface area contributed by atoms with Crippen molar-refractivity contribution in [3.05, 3.63) is 36.5 Å². The van der Waals surface area contributed by atoms with E-state index in [9.17, 15) is 61.0 Å². The van der Waals surface area contributed by atoms with Crippen molar-refractivity contribution in [2.45, 2.75) is 471 Å². The summed E-state index contributed by atoms with van der Waals surface area (Å²) in [6.45, 7) is 1.78. The minimum absolute atomic E-state index is 0.240. The number of aliphatic hydroxyl groups is 11. The lowest BCUT2D eigenvalue weighted by atomic mass is 9.96. The fraction of sp³-hybridized carbons (Fsp3) is 0.918. The van der Waals surface area contributed by atoms with Crippen LogP contribution in [0.5, 0.6) is 0 Å². The maximum absolute atomic E-state index is 13.5. The van der Waals surface area contributed by atoms with Crippen LogP contribution in [0, 0.1) is 0 Å². The van der Waals surface area contributed by atoms with Crippen LogP contribution in [0.15, 0.2) is 36.5 Å². The number of hydrogen-bond acceptors (Lipinski definition) is 18. The van der Waals surface area contributed by atoms with Gasteiger partial charge in [0.2, 0.25) is 5.91 Å².